The highest BCUT2D eigenvalue weighted by atomic mass is 19.1. The quantitative estimate of drug-likeness (QED) is 0.268. The normalized spacial score (nSPS) is 20.5. The van der Waals surface area contributed by atoms with Crippen LogP contribution in [-0.2, 0) is 4.74 Å². The molecule has 11 nitrogen and oxygen atoms in total. The number of amides is 2. The van der Waals surface area contributed by atoms with Crippen molar-refractivity contribution < 1.29 is 18.7 Å². The van der Waals surface area contributed by atoms with Crippen LogP contribution in [0, 0.1) is 18.2 Å². The monoisotopic (exact) mass is 610 g/mol. The molecule has 232 valence electrons. The largest absolute Gasteiger partial charge is 0.444 e. The predicted octanol–water partition coefficient (Wildman–Crippen LogP) is 5.26. The number of anilines is 1. The first-order chi connectivity index (χ1) is 21.2. The molecule has 4 aromatic heterocycles. The fraction of sp³-hybridized carbons (Fsp3) is 0.364. The van der Waals surface area contributed by atoms with Crippen molar-refractivity contribution in [3.8, 4) is 22.5 Å². The van der Waals surface area contributed by atoms with Gasteiger partial charge < -0.3 is 25.1 Å². The molecule has 4 heterocycles. The molecule has 0 unspecified atom stereocenters. The number of nitrogens with two attached hydrogens (primary N) is 1. The SMILES string of the molecule is Cc1cnc2ccc(-c3c(-c4ccc(F)cc4)nc(N)c4nc(C(=O)NC56CC(CN(C)C(=O)OC(C)(C)C)(C5)C6)cn34)cn12. The van der Waals surface area contributed by atoms with Gasteiger partial charge in [-0.3, -0.25) is 9.20 Å². The van der Waals surface area contributed by atoms with Gasteiger partial charge in [-0.1, -0.05) is 0 Å². The van der Waals surface area contributed by atoms with Crippen molar-refractivity contribution in [1.82, 2.24) is 34.0 Å². The number of benzene rings is 1. The van der Waals surface area contributed by atoms with E-state index in [1.54, 1.807) is 40.9 Å². The van der Waals surface area contributed by atoms with Gasteiger partial charge in [-0.25, -0.2) is 24.1 Å². The summed E-state index contributed by atoms with van der Waals surface area (Å²) in [5.74, 6) is -0.521. The van der Waals surface area contributed by atoms with Crippen LogP contribution in [0.4, 0.5) is 15.0 Å². The van der Waals surface area contributed by atoms with E-state index in [0.29, 0.717) is 29.1 Å². The first kappa shape index (κ1) is 28.8. The molecular weight excluding hydrogens is 575 g/mol. The third kappa shape index (κ3) is 4.94. The number of hydrogen-bond acceptors (Lipinski definition) is 7. The maximum Gasteiger partial charge on any atom is 0.410 e. The number of nitrogens with one attached hydrogen (secondary N) is 1. The van der Waals surface area contributed by atoms with Crippen molar-refractivity contribution in [2.45, 2.75) is 58.1 Å². The maximum absolute atomic E-state index is 13.8. The summed E-state index contributed by atoms with van der Waals surface area (Å²) in [6.07, 6.45) is 7.40. The summed E-state index contributed by atoms with van der Waals surface area (Å²) in [6.45, 7) is 8.08. The minimum Gasteiger partial charge on any atom is -0.444 e. The van der Waals surface area contributed by atoms with Crippen LogP contribution in [0.25, 0.3) is 33.8 Å². The van der Waals surface area contributed by atoms with E-state index in [0.717, 1.165) is 36.2 Å². The highest BCUT2D eigenvalue weighted by Gasteiger charge is 2.68. The number of imidazole rings is 2. The van der Waals surface area contributed by atoms with E-state index in [2.05, 4.69) is 15.3 Å². The molecule has 3 aliphatic rings. The lowest BCUT2D eigenvalue weighted by Gasteiger charge is -2.71. The lowest BCUT2D eigenvalue weighted by Crippen LogP contribution is -2.77. The van der Waals surface area contributed by atoms with E-state index in [-0.39, 0.29) is 40.3 Å². The van der Waals surface area contributed by atoms with Crippen LogP contribution in [0.5, 0.6) is 0 Å². The molecule has 3 N–H and O–H groups in total. The second kappa shape index (κ2) is 9.75. The third-order valence-electron chi connectivity index (χ3n) is 8.74. The zero-order valence-corrected chi connectivity index (χ0v) is 25.9. The molecule has 8 rings (SSSR count). The van der Waals surface area contributed by atoms with Gasteiger partial charge in [0, 0.05) is 54.5 Å². The van der Waals surface area contributed by atoms with Crippen LogP contribution < -0.4 is 11.1 Å². The van der Waals surface area contributed by atoms with Crippen molar-refractivity contribution in [2.75, 3.05) is 19.3 Å². The molecule has 3 fully saturated rings. The number of carbonyl (C=O) groups is 2. The Balaban J connectivity index is 1.18. The molecule has 0 spiro atoms. The number of fused-ring (bicyclic) bond motifs is 2. The Labute approximate surface area is 259 Å². The van der Waals surface area contributed by atoms with Gasteiger partial charge in [-0.05, 0) is 88.8 Å². The number of nitrogen functional groups attached to an aromatic ring is 1. The Hall–Kier alpha value is -5.00. The molecule has 0 atom stereocenters. The Kier molecular flexibility index (Phi) is 6.23. The van der Waals surface area contributed by atoms with E-state index in [1.165, 1.54) is 12.1 Å². The molecule has 3 saturated carbocycles. The lowest BCUT2D eigenvalue weighted by atomic mass is 9.39. The molecule has 45 heavy (non-hydrogen) atoms. The number of nitrogens with zero attached hydrogens (tertiary/aromatic N) is 6. The fourth-order valence-corrected chi connectivity index (χ4v) is 7.02. The molecule has 1 aromatic carbocycles. The molecule has 3 aliphatic carbocycles. The van der Waals surface area contributed by atoms with Crippen LogP contribution in [0.2, 0.25) is 0 Å². The van der Waals surface area contributed by atoms with Crippen molar-refractivity contribution in [3.05, 3.63) is 72.2 Å². The number of rotatable bonds is 6. The zero-order valence-electron chi connectivity index (χ0n) is 25.9. The molecule has 0 radical (unpaired) electrons. The van der Waals surface area contributed by atoms with E-state index >= 15 is 0 Å². The number of aryl methyl sites for hydroxylation is 1. The van der Waals surface area contributed by atoms with Gasteiger partial charge in [0.25, 0.3) is 5.91 Å². The first-order valence-corrected chi connectivity index (χ1v) is 14.9. The molecular formula is C33H35FN8O3. The molecule has 0 saturated heterocycles. The summed E-state index contributed by atoms with van der Waals surface area (Å²) in [5, 5.41) is 3.20. The summed E-state index contributed by atoms with van der Waals surface area (Å²) < 4.78 is 23.1. The number of carbonyl (C=O) groups excluding carboxylic acids is 2. The highest BCUT2D eigenvalue weighted by Crippen LogP contribution is 2.67. The molecule has 2 bridgehead atoms. The minimum atomic E-state index is -0.558. The summed E-state index contributed by atoms with van der Waals surface area (Å²) in [7, 11) is 1.75. The Morgan fingerprint density at radius 1 is 1.04 bits per heavy atom. The Bertz CT molecular complexity index is 1990. The van der Waals surface area contributed by atoms with Crippen LogP contribution in [0.1, 0.15) is 56.2 Å². The van der Waals surface area contributed by atoms with E-state index < -0.39 is 5.60 Å². The highest BCUT2D eigenvalue weighted by molar-refractivity contribution is 5.95. The van der Waals surface area contributed by atoms with Crippen LogP contribution in [0.15, 0.2) is 55.0 Å². The number of halogens is 1. The number of pyridine rings is 1. The summed E-state index contributed by atoms with van der Waals surface area (Å²) in [5.41, 5.74) is 10.5. The predicted molar refractivity (Wildman–Crippen MR) is 167 cm³/mol. The first-order valence-electron chi connectivity index (χ1n) is 14.9. The summed E-state index contributed by atoms with van der Waals surface area (Å²) in [6, 6.07) is 9.88. The number of ether oxygens (including phenoxy) is 1. The van der Waals surface area contributed by atoms with Gasteiger partial charge in [-0.2, -0.15) is 0 Å². The van der Waals surface area contributed by atoms with Gasteiger partial charge in [-0.15, -0.1) is 0 Å². The van der Waals surface area contributed by atoms with Crippen molar-refractivity contribution in [2.24, 2.45) is 5.41 Å². The van der Waals surface area contributed by atoms with E-state index in [1.807, 2.05) is 50.4 Å². The fourth-order valence-electron chi connectivity index (χ4n) is 7.02. The van der Waals surface area contributed by atoms with Gasteiger partial charge in [0.05, 0.1) is 11.4 Å². The number of aromatic nitrogens is 5. The molecule has 2 amide bonds. The van der Waals surface area contributed by atoms with Crippen LogP contribution in [0.3, 0.4) is 0 Å². The van der Waals surface area contributed by atoms with Crippen LogP contribution in [-0.4, -0.2) is 65.4 Å². The molecule has 0 aliphatic heterocycles. The van der Waals surface area contributed by atoms with Gasteiger partial charge in [0.1, 0.15) is 22.8 Å². The van der Waals surface area contributed by atoms with Crippen molar-refractivity contribution in [3.63, 3.8) is 0 Å². The van der Waals surface area contributed by atoms with E-state index in [9.17, 15) is 14.0 Å². The topological polar surface area (TPSA) is 132 Å². The average Bonchev–Trinajstić information content (AvgIpc) is 3.55. The lowest BCUT2D eigenvalue weighted by molar-refractivity contribution is -0.157. The second-order valence-corrected chi connectivity index (χ2v) is 13.7. The van der Waals surface area contributed by atoms with Crippen molar-refractivity contribution >= 4 is 29.1 Å². The average molecular weight is 611 g/mol. The molecule has 12 heteroatoms. The van der Waals surface area contributed by atoms with Gasteiger partial charge in [0.15, 0.2) is 11.5 Å². The Morgan fingerprint density at radius 3 is 2.42 bits per heavy atom. The minimum absolute atomic E-state index is 0.0203. The summed E-state index contributed by atoms with van der Waals surface area (Å²) >= 11 is 0. The molecule has 5 aromatic rings. The smallest absolute Gasteiger partial charge is 0.410 e. The van der Waals surface area contributed by atoms with Crippen LogP contribution >= 0.6 is 0 Å². The van der Waals surface area contributed by atoms with Gasteiger partial charge >= 0.3 is 6.09 Å². The van der Waals surface area contributed by atoms with E-state index in [4.69, 9.17) is 15.5 Å². The Morgan fingerprint density at radius 2 is 1.73 bits per heavy atom. The summed E-state index contributed by atoms with van der Waals surface area (Å²) in [4.78, 5) is 41.4. The third-order valence-corrected chi connectivity index (χ3v) is 8.74. The van der Waals surface area contributed by atoms with Crippen molar-refractivity contribution in [1.29, 1.82) is 0 Å². The maximum atomic E-state index is 13.8. The standard InChI is InChI=1S/C33H35FN8O3/c1-19-12-36-24-11-8-21(13-41(19)24)26-25(20-6-9-22(34)10-7-20)38-27(35)28-37-23(14-42(26)28)29(43)39-33-15-32(16-33,17-33)18-40(5)30(44)45-31(2,3)4/h6-14H,15-18H2,1-5H3,(H2,35,38)(H,39,43). The van der Waals surface area contributed by atoms with Gasteiger partial charge in [0.2, 0.25) is 0 Å². The second-order valence-electron chi connectivity index (χ2n) is 13.7. The zero-order chi connectivity index (χ0) is 31.9. The number of hydrogen-bond donors (Lipinski definition) is 2.